The minimum Gasteiger partial charge on any atom is -0.378 e. The van der Waals surface area contributed by atoms with Gasteiger partial charge < -0.3 is 19.9 Å². The number of carbonyl (C=O) groups excluding carboxylic acids is 1. The number of anilines is 2. The summed E-state index contributed by atoms with van der Waals surface area (Å²) in [5.41, 5.74) is 1.90. The van der Waals surface area contributed by atoms with Crippen LogP contribution < -0.4 is 10.2 Å². The quantitative estimate of drug-likeness (QED) is 0.866. The van der Waals surface area contributed by atoms with Crippen molar-refractivity contribution in [3.05, 3.63) is 24.3 Å². The van der Waals surface area contributed by atoms with Gasteiger partial charge in [-0.15, -0.1) is 0 Å². The number of rotatable bonds is 2. The maximum absolute atomic E-state index is 11.7. The van der Waals surface area contributed by atoms with Crippen LogP contribution in [-0.4, -0.2) is 51.3 Å². The highest BCUT2D eigenvalue weighted by molar-refractivity contribution is 5.93. The first-order valence-corrected chi connectivity index (χ1v) is 6.08. The number of nitrogens with zero attached hydrogens (tertiary/aromatic N) is 2. The van der Waals surface area contributed by atoms with Crippen molar-refractivity contribution in [3.8, 4) is 0 Å². The first-order chi connectivity index (χ1) is 8.68. The molecular weight excluding hydrogens is 230 g/mol. The summed E-state index contributed by atoms with van der Waals surface area (Å²) in [7, 11) is 3.46. The smallest absolute Gasteiger partial charge is 0.321 e. The zero-order chi connectivity index (χ0) is 13.0. The van der Waals surface area contributed by atoms with Gasteiger partial charge in [0.15, 0.2) is 0 Å². The molecule has 1 fully saturated rings. The SMILES string of the molecule is CN(C)C(=O)Nc1ccccc1N1CCOCC1. The van der Waals surface area contributed by atoms with Crippen molar-refractivity contribution >= 4 is 17.4 Å². The van der Waals surface area contributed by atoms with Crippen molar-refractivity contribution in [1.82, 2.24) is 4.90 Å². The maximum Gasteiger partial charge on any atom is 0.321 e. The molecule has 0 atom stereocenters. The lowest BCUT2D eigenvalue weighted by Crippen LogP contribution is -2.37. The Bertz CT molecular complexity index is 414. The molecule has 0 radical (unpaired) electrons. The van der Waals surface area contributed by atoms with Crippen molar-refractivity contribution in [1.29, 1.82) is 0 Å². The lowest BCUT2D eigenvalue weighted by molar-refractivity contribution is 0.123. The fourth-order valence-corrected chi connectivity index (χ4v) is 1.89. The summed E-state index contributed by atoms with van der Waals surface area (Å²) in [4.78, 5) is 15.5. The highest BCUT2D eigenvalue weighted by Crippen LogP contribution is 2.26. The van der Waals surface area contributed by atoms with Crippen molar-refractivity contribution in [2.45, 2.75) is 0 Å². The highest BCUT2D eigenvalue weighted by atomic mass is 16.5. The Labute approximate surface area is 107 Å². The molecule has 1 saturated heterocycles. The van der Waals surface area contributed by atoms with Gasteiger partial charge >= 0.3 is 6.03 Å². The van der Waals surface area contributed by atoms with E-state index in [0.717, 1.165) is 37.7 Å². The molecule has 0 saturated carbocycles. The van der Waals surface area contributed by atoms with Crippen molar-refractivity contribution in [2.75, 3.05) is 50.6 Å². The topological polar surface area (TPSA) is 44.8 Å². The second-order valence-corrected chi connectivity index (χ2v) is 4.44. The molecular formula is C13H19N3O2. The molecule has 2 amide bonds. The summed E-state index contributed by atoms with van der Waals surface area (Å²) in [6.45, 7) is 3.18. The van der Waals surface area contributed by atoms with E-state index < -0.39 is 0 Å². The van der Waals surface area contributed by atoms with Crippen LogP contribution in [0.3, 0.4) is 0 Å². The summed E-state index contributed by atoms with van der Waals surface area (Å²) in [6.07, 6.45) is 0. The zero-order valence-corrected chi connectivity index (χ0v) is 10.8. The summed E-state index contributed by atoms with van der Waals surface area (Å²) in [6, 6.07) is 7.74. The minimum atomic E-state index is -0.115. The predicted molar refractivity (Wildman–Crippen MR) is 72.2 cm³/mol. The van der Waals surface area contributed by atoms with Crippen LogP contribution >= 0.6 is 0 Å². The second kappa shape index (κ2) is 5.73. The Kier molecular flexibility index (Phi) is 4.04. The molecule has 1 aromatic carbocycles. The van der Waals surface area contributed by atoms with Crippen LogP contribution in [-0.2, 0) is 4.74 Å². The normalized spacial score (nSPS) is 15.3. The number of para-hydroxylation sites is 2. The van der Waals surface area contributed by atoms with Gasteiger partial charge in [-0.2, -0.15) is 0 Å². The highest BCUT2D eigenvalue weighted by Gasteiger charge is 2.15. The molecule has 1 aliphatic rings. The van der Waals surface area contributed by atoms with Crippen LogP contribution in [0.1, 0.15) is 0 Å². The third-order valence-corrected chi connectivity index (χ3v) is 2.90. The van der Waals surface area contributed by atoms with Crippen LogP contribution in [0, 0.1) is 0 Å². The number of morpholine rings is 1. The molecule has 5 heteroatoms. The predicted octanol–water partition coefficient (Wildman–Crippen LogP) is 1.62. The Morgan fingerprint density at radius 3 is 2.61 bits per heavy atom. The maximum atomic E-state index is 11.7. The van der Waals surface area contributed by atoms with Crippen LogP contribution in [0.15, 0.2) is 24.3 Å². The van der Waals surface area contributed by atoms with Gasteiger partial charge in [-0.3, -0.25) is 0 Å². The third kappa shape index (κ3) is 2.92. The Hall–Kier alpha value is -1.75. The second-order valence-electron chi connectivity index (χ2n) is 4.44. The van der Waals surface area contributed by atoms with Crippen molar-refractivity contribution in [2.24, 2.45) is 0 Å². The molecule has 1 aliphatic heterocycles. The van der Waals surface area contributed by atoms with E-state index >= 15 is 0 Å². The van der Waals surface area contributed by atoms with E-state index in [4.69, 9.17) is 4.74 Å². The van der Waals surface area contributed by atoms with Gasteiger partial charge in [0.05, 0.1) is 24.6 Å². The molecule has 1 heterocycles. The lowest BCUT2D eigenvalue weighted by atomic mass is 10.2. The number of amides is 2. The molecule has 5 nitrogen and oxygen atoms in total. The molecule has 0 spiro atoms. The Morgan fingerprint density at radius 1 is 1.28 bits per heavy atom. The number of ether oxygens (including phenoxy) is 1. The van der Waals surface area contributed by atoms with Gasteiger partial charge in [0.2, 0.25) is 0 Å². The Morgan fingerprint density at radius 2 is 1.94 bits per heavy atom. The van der Waals surface area contributed by atoms with E-state index in [9.17, 15) is 4.79 Å². The molecule has 0 bridgehead atoms. The van der Waals surface area contributed by atoms with E-state index in [1.807, 2.05) is 24.3 Å². The molecule has 98 valence electrons. The van der Waals surface area contributed by atoms with Gasteiger partial charge in [0.25, 0.3) is 0 Å². The van der Waals surface area contributed by atoms with Gasteiger partial charge in [-0.25, -0.2) is 4.79 Å². The molecule has 18 heavy (non-hydrogen) atoms. The van der Waals surface area contributed by atoms with Gasteiger partial charge in [0.1, 0.15) is 0 Å². The third-order valence-electron chi connectivity index (χ3n) is 2.90. The fraction of sp³-hybridized carbons (Fsp3) is 0.462. The van der Waals surface area contributed by atoms with E-state index in [1.54, 1.807) is 14.1 Å². The van der Waals surface area contributed by atoms with E-state index in [0.29, 0.717) is 0 Å². The van der Waals surface area contributed by atoms with Crippen LogP contribution in [0.25, 0.3) is 0 Å². The van der Waals surface area contributed by atoms with E-state index in [1.165, 1.54) is 4.90 Å². The number of carbonyl (C=O) groups is 1. The van der Waals surface area contributed by atoms with Crippen molar-refractivity contribution in [3.63, 3.8) is 0 Å². The number of nitrogens with one attached hydrogen (secondary N) is 1. The summed E-state index contributed by atoms with van der Waals surface area (Å²) < 4.78 is 5.34. The largest absolute Gasteiger partial charge is 0.378 e. The average molecular weight is 249 g/mol. The molecule has 0 aliphatic carbocycles. The van der Waals surface area contributed by atoms with Gasteiger partial charge in [-0.1, -0.05) is 12.1 Å². The minimum absolute atomic E-state index is 0.115. The summed E-state index contributed by atoms with van der Waals surface area (Å²) in [5, 5.41) is 2.91. The first-order valence-electron chi connectivity index (χ1n) is 6.08. The molecule has 2 rings (SSSR count). The van der Waals surface area contributed by atoms with Gasteiger partial charge in [-0.05, 0) is 12.1 Å². The van der Waals surface area contributed by atoms with Crippen molar-refractivity contribution < 1.29 is 9.53 Å². The summed E-state index contributed by atoms with van der Waals surface area (Å²) >= 11 is 0. The monoisotopic (exact) mass is 249 g/mol. The van der Waals surface area contributed by atoms with Gasteiger partial charge in [0, 0.05) is 27.2 Å². The number of hydrogen-bond acceptors (Lipinski definition) is 3. The number of urea groups is 1. The molecule has 1 N–H and O–H groups in total. The number of benzene rings is 1. The van der Waals surface area contributed by atoms with Crippen LogP contribution in [0.5, 0.6) is 0 Å². The van der Waals surface area contributed by atoms with Crippen LogP contribution in [0.2, 0.25) is 0 Å². The molecule has 0 unspecified atom stereocenters. The fourth-order valence-electron chi connectivity index (χ4n) is 1.89. The van der Waals surface area contributed by atoms with E-state index in [-0.39, 0.29) is 6.03 Å². The molecule has 1 aromatic rings. The van der Waals surface area contributed by atoms with Crippen LogP contribution in [0.4, 0.5) is 16.2 Å². The Balaban J connectivity index is 2.16. The lowest BCUT2D eigenvalue weighted by Gasteiger charge is -2.30. The standard InChI is InChI=1S/C13H19N3O2/c1-15(2)13(17)14-11-5-3-4-6-12(11)16-7-9-18-10-8-16/h3-6H,7-10H2,1-2H3,(H,14,17). The molecule has 0 aromatic heterocycles. The first kappa shape index (κ1) is 12.7. The number of hydrogen-bond donors (Lipinski definition) is 1. The summed E-state index contributed by atoms with van der Waals surface area (Å²) in [5.74, 6) is 0. The van der Waals surface area contributed by atoms with E-state index in [2.05, 4.69) is 10.2 Å². The average Bonchev–Trinajstić information content (AvgIpc) is 2.40. The zero-order valence-electron chi connectivity index (χ0n) is 10.8.